The van der Waals surface area contributed by atoms with Gasteiger partial charge in [-0.2, -0.15) is 0 Å². The molecule has 112 valence electrons. The zero-order chi connectivity index (χ0) is 15.6. The fraction of sp³-hybridized carbons (Fsp3) is 0.231. The number of aromatic amines is 1. The van der Waals surface area contributed by atoms with Crippen LogP contribution in [0.1, 0.15) is 19.4 Å². The van der Waals surface area contributed by atoms with E-state index in [0.717, 1.165) is 11.5 Å². The lowest BCUT2D eigenvalue weighted by molar-refractivity contribution is 0.834. The summed E-state index contributed by atoms with van der Waals surface area (Å²) in [6, 6.07) is 5.20. The number of hydrogen-bond donors (Lipinski definition) is 3. The van der Waals surface area contributed by atoms with Crippen LogP contribution in [0.25, 0.3) is 0 Å². The fourth-order valence-corrected chi connectivity index (χ4v) is 2.79. The van der Waals surface area contributed by atoms with Crippen LogP contribution in [0.2, 0.25) is 10.0 Å². The highest BCUT2D eigenvalue weighted by Gasteiger charge is 2.16. The minimum absolute atomic E-state index is 0.00749. The van der Waals surface area contributed by atoms with Gasteiger partial charge in [-0.1, -0.05) is 29.3 Å². The van der Waals surface area contributed by atoms with Crippen molar-refractivity contribution in [2.45, 2.75) is 19.9 Å². The SMILES string of the molecule is CC(C)N=C(N)c1c(Nc2cccc(Cl)c2Cl)s[nH]c1=O. The Bertz CT molecular complexity index is 736. The van der Waals surface area contributed by atoms with Crippen molar-refractivity contribution < 1.29 is 0 Å². The van der Waals surface area contributed by atoms with Crippen LogP contribution in [0.4, 0.5) is 10.7 Å². The molecule has 0 atom stereocenters. The molecule has 0 radical (unpaired) electrons. The number of benzene rings is 1. The normalized spacial score (nSPS) is 12.0. The summed E-state index contributed by atoms with van der Waals surface area (Å²) in [5.41, 5.74) is 6.52. The van der Waals surface area contributed by atoms with Gasteiger partial charge in [-0.15, -0.1) is 0 Å². The Morgan fingerprint density at radius 2 is 2.14 bits per heavy atom. The van der Waals surface area contributed by atoms with Crippen molar-refractivity contribution in [2.75, 3.05) is 5.32 Å². The average molecular weight is 345 g/mol. The van der Waals surface area contributed by atoms with Crippen molar-refractivity contribution in [3.63, 3.8) is 0 Å². The maximum absolute atomic E-state index is 11.9. The predicted octanol–water partition coefficient (Wildman–Crippen LogP) is 3.60. The number of anilines is 2. The first-order chi connectivity index (χ1) is 9.90. The van der Waals surface area contributed by atoms with Crippen molar-refractivity contribution in [1.82, 2.24) is 4.37 Å². The van der Waals surface area contributed by atoms with Crippen LogP contribution in [0.15, 0.2) is 28.0 Å². The number of nitrogens with two attached hydrogens (primary N) is 1. The van der Waals surface area contributed by atoms with E-state index in [2.05, 4.69) is 14.7 Å². The molecule has 4 N–H and O–H groups in total. The van der Waals surface area contributed by atoms with E-state index >= 15 is 0 Å². The molecule has 0 fully saturated rings. The third kappa shape index (κ3) is 3.58. The molecule has 1 aromatic carbocycles. The van der Waals surface area contributed by atoms with E-state index in [4.69, 9.17) is 28.9 Å². The van der Waals surface area contributed by atoms with Crippen LogP contribution in [-0.4, -0.2) is 16.3 Å². The van der Waals surface area contributed by atoms with Gasteiger partial charge in [0.15, 0.2) is 0 Å². The fourth-order valence-electron chi connectivity index (χ4n) is 1.69. The molecule has 5 nitrogen and oxygen atoms in total. The lowest BCUT2D eigenvalue weighted by Gasteiger charge is -2.09. The second-order valence-corrected chi connectivity index (χ2v) is 6.17. The first-order valence-electron chi connectivity index (χ1n) is 6.16. The molecular formula is C13H14Cl2N4OS. The molecule has 0 aliphatic heterocycles. The number of aliphatic imine (C=N–C) groups is 1. The van der Waals surface area contributed by atoms with Crippen LogP contribution in [0, 0.1) is 0 Å². The lowest BCUT2D eigenvalue weighted by atomic mass is 10.2. The van der Waals surface area contributed by atoms with E-state index in [-0.39, 0.29) is 17.4 Å². The quantitative estimate of drug-likeness (QED) is 0.585. The van der Waals surface area contributed by atoms with Gasteiger partial charge >= 0.3 is 0 Å². The van der Waals surface area contributed by atoms with Gasteiger partial charge in [0.05, 0.1) is 15.7 Å². The third-order valence-electron chi connectivity index (χ3n) is 2.55. The number of rotatable bonds is 4. The molecule has 0 aliphatic carbocycles. The summed E-state index contributed by atoms with van der Waals surface area (Å²) in [6.45, 7) is 3.77. The predicted molar refractivity (Wildman–Crippen MR) is 90.5 cm³/mol. The van der Waals surface area contributed by atoms with Gasteiger partial charge in [0, 0.05) is 6.04 Å². The summed E-state index contributed by atoms with van der Waals surface area (Å²) >= 11 is 13.2. The number of halogens is 2. The zero-order valence-corrected chi connectivity index (χ0v) is 13.7. The second kappa shape index (κ2) is 6.51. The second-order valence-electron chi connectivity index (χ2n) is 4.57. The standard InChI is InChI=1S/C13H14Cl2N4OS/c1-6(2)17-11(16)9-12(20)19-21-13(9)18-8-5-3-4-7(14)10(8)15/h3-6,18H,1-2H3,(H2,16,17)(H,19,20). The Morgan fingerprint density at radius 3 is 2.81 bits per heavy atom. The Balaban J connectivity index is 2.43. The molecule has 21 heavy (non-hydrogen) atoms. The van der Waals surface area contributed by atoms with E-state index in [1.165, 1.54) is 0 Å². The van der Waals surface area contributed by atoms with Crippen molar-refractivity contribution >= 4 is 51.3 Å². The Labute approximate surface area is 136 Å². The van der Waals surface area contributed by atoms with Gasteiger partial charge in [0.25, 0.3) is 5.56 Å². The summed E-state index contributed by atoms with van der Waals surface area (Å²) in [6.07, 6.45) is 0. The Kier molecular flexibility index (Phi) is 4.92. The molecule has 2 aromatic rings. The van der Waals surface area contributed by atoms with Crippen LogP contribution in [0.5, 0.6) is 0 Å². The smallest absolute Gasteiger partial charge is 0.271 e. The van der Waals surface area contributed by atoms with Gasteiger partial charge < -0.3 is 11.1 Å². The third-order valence-corrected chi connectivity index (χ3v) is 4.17. The summed E-state index contributed by atoms with van der Waals surface area (Å²) in [5.74, 6) is 0.188. The monoisotopic (exact) mass is 344 g/mol. The molecule has 0 saturated carbocycles. The van der Waals surface area contributed by atoms with E-state index in [1.54, 1.807) is 18.2 Å². The first kappa shape index (κ1) is 15.9. The molecular weight excluding hydrogens is 331 g/mol. The van der Waals surface area contributed by atoms with Gasteiger partial charge in [0.1, 0.15) is 16.4 Å². The average Bonchev–Trinajstić information content (AvgIpc) is 2.75. The molecule has 1 aromatic heterocycles. The van der Waals surface area contributed by atoms with Gasteiger partial charge in [0.2, 0.25) is 0 Å². The number of nitrogens with zero attached hydrogens (tertiary/aromatic N) is 1. The van der Waals surface area contributed by atoms with Crippen molar-refractivity contribution in [2.24, 2.45) is 10.7 Å². The molecule has 2 rings (SSSR count). The summed E-state index contributed by atoms with van der Waals surface area (Å²) in [5, 5.41) is 4.42. The minimum Gasteiger partial charge on any atom is -0.383 e. The summed E-state index contributed by atoms with van der Waals surface area (Å²) in [4.78, 5) is 16.1. The van der Waals surface area contributed by atoms with Crippen LogP contribution >= 0.6 is 34.7 Å². The Morgan fingerprint density at radius 1 is 1.43 bits per heavy atom. The zero-order valence-electron chi connectivity index (χ0n) is 11.4. The van der Waals surface area contributed by atoms with Crippen molar-refractivity contribution in [1.29, 1.82) is 0 Å². The number of hydrogen-bond acceptors (Lipinski definition) is 4. The molecule has 0 unspecified atom stereocenters. The van der Waals surface area contributed by atoms with Crippen LogP contribution in [-0.2, 0) is 0 Å². The van der Waals surface area contributed by atoms with Crippen LogP contribution in [0.3, 0.4) is 0 Å². The number of amidine groups is 1. The first-order valence-corrected chi connectivity index (χ1v) is 7.73. The maximum atomic E-state index is 11.9. The molecule has 0 aliphatic rings. The number of H-pyrrole nitrogens is 1. The minimum atomic E-state index is -0.289. The van der Waals surface area contributed by atoms with Crippen molar-refractivity contribution in [3.05, 3.63) is 44.2 Å². The van der Waals surface area contributed by atoms with E-state index in [0.29, 0.717) is 26.3 Å². The van der Waals surface area contributed by atoms with Gasteiger partial charge in [-0.05, 0) is 37.5 Å². The van der Waals surface area contributed by atoms with E-state index in [9.17, 15) is 4.79 Å². The molecule has 0 bridgehead atoms. The highest BCUT2D eigenvalue weighted by atomic mass is 35.5. The highest BCUT2D eigenvalue weighted by molar-refractivity contribution is 7.10. The summed E-state index contributed by atoms with van der Waals surface area (Å²) in [7, 11) is 0. The van der Waals surface area contributed by atoms with Crippen LogP contribution < -0.4 is 16.6 Å². The van der Waals surface area contributed by atoms with Gasteiger partial charge in [-0.25, -0.2) is 0 Å². The number of nitrogens with one attached hydrogen (secondary N) is 2. The van der Waals surface area contributed by atoms with E-state index < -0.39 is 0 Å². The number of aromatic nitrogens is 1. The lowest BCUT2D eigenvalue weighted by Crippen LogP contribution is -2.23. The molecule has 0 amide bonds. The topological polar surface area (TPSA) is 83.3 Å². The molecule has 0 saturated heterocycles. The Hall–Kier alpha value is -1.50. The molecule has 1 heterocycles. The largest absolute Gasteiger partial charge is 0.383 e. The van der Waals surface area contributed by atoms with Gasteiger partial charge in [-0.3, -0.25) is 14.2 Å². The molecule has 0 spiro atoms. The van der Waals surface area contributed by atoms with Crippen molar-refractivity contribution in [3.8, 4) is 0 Å². The maximum Gasteiger partial charge on any atom is 0.271 e. The van der Waals surface area contributed by atoms with E-state index in [1.807, 2.05) is 13.8 Å². The highest BCUT2D eigenvalue weighted by Crippen LogP contribution is 2.33. The molecule has 8 heteroatoms. The summed E-state index contributed by atoms with van der Waals surface area (Å²) < 4.78 is 2.63.